The Bertz CT molecular complexity index is 1250. The number of aromatic nitrogens is 2. The van der Waals surface area contributed by atoms with Crippen LogP contribution in [0.4, 0.5) is 5.82 Å². The molecule has 1 aromatic carbocycles. The SMILES string of the molecule is CCN1CCc2c(sc3nc(C4CCCCC4)nc(N4CCN(C(=O)COCc5ccccc5)CC4)c23)C1. The minimum atomic E-state index is 0.0730. The Labute approximate surface area is 229 Å². The Morgan fingerprint density at radius 3 is 2.58 bits per heavy atom. The number of ether oxygens (including phenoxy) is 1. The number of likely N-dealkylation sites (N-methyl/N-ethyl adjacent to an activating group) is 1. The predicted octanol–water partition coefficient (Wildman–Crippen LogP) is 4.98. The molecule has 1 aliphatic carbocycles. The van der Waals surface area contributed by atoms with Crippen molar-refractivity contribution in [3.63, 3.8) is 0 Å². The third-order valence-corrected chi connectivity index (χ3v) is 9.57. The highest BCUT2D eigenvalue weighted by Gasteiger charge is 2.30. The van der Waals surface area contributed by atoms with Gasteiger partial charge in [0, 0.05) is 50.1 Å². The zero-order valence-corrected chi connectivity index (χ0v) is 23.3. The Morgan fingerprint density at radius 1 is 1.03 bits per heavy atom. The zero-order valence-electron chi connectivity index (χ0n) is 22.5. The molecule has 8 heteroatoms. The molecule has 7 nitrogen and oxygen atoms in total. The highest BCUT2D eigenvalue weighted by Crippen LogP contribution is 2.41. The van der Waals surface area contributed by atoms with Gasteiger partial charge in [0.15, 0.2) is 0 Å². The molecule has 4 heterocycles. The van der Waals surface area contributed by atoms with Crippen molar-refractivity contribution >= 4 is 33.3 Å². The number of carbonyl (C=O) groups is 1. The molecule has 0 radical (unpaired) electrons. The van der Waals surface area contributed by atoms with Crippen LogP contribution in [0, 0.1) is 0 Å². The molecule has 2 aromatic heterocycles. The number of hydrogen-bond acceptors (Lipinski definition) is 7. The van der Waals surface area contributed by atoms with Crippen LogP contribution in [0.25, 0.3) is 10.2 Å². The van der Waals surface area contributed by atoms with Crippen LogP contribution < -0.4 is 4.90 Å². The van der Waals surface area contributed by atoms with Gasteiger partial charge in [-0.2, -0.15) is 0 Å². The summed E-state index contributed by atoms with van der Waals surface area (Å²) in [6, 6.07) is 10.0. The van der Waals surface area contributed by atoms with Crippen LogP contribution in [0.3, 0.4) is 0 Å². The van der Waals surface area contributed by atoms with Crippen molar-refractivity contribution in [2.45, 2.75) is 64.5 Å². The van der Waals surface area contributed by atoms with E-state index >= 15 is 0 Å². The number of piperazine rings is 1. The largest absolute Gasteiger partial charge is 0.367 e. The predicted molar refractivity (Wildman–Crippen MR) is 153 cm³/mol. The summed E-state index contributed by atoms with van der Waals surface area (Å²) in [5.74, 6) is 2.71. The first kappa shape index (κ1) is 25.7. The van der Waals surface area contributed by atoms with E-state index in [0.717, 1.165) is 56.4 Å². The molecule has 0 N–H and O–H groups in total. The van der Waals surface area contributed by atoms with Crippen molar-refractivity contribution in [3.05, 3.63) is 52.2 Å². The molecule has 0 spiro atoms. The van der Waals surface area contributed by atoms with Gasteiger partial charge in [0.2, 0.25) is 5.91 Å². The van der Waals surface area contributed by atoms with Crippen molar-refractivity contribution < 1.29 is 9.53 Å². The summed E-state index contributed by atoms with van der Waals surface area (Å²) in [6.45, 7) is 9.06. The molecule has 0 atom stereocenters. The third kappa shape index (κ3) is 5.44. The van der Waals surface area contributed by atoms with Gasteiger partial charge in [-0.15, -0.1) is 11.3 Å². The lowest BCUT2D eigenvalue weighted by atomic mass is 9.88. The Kier molecular flexibility index (Phi) is 7.90. The van der Waals surface area contributed by atoms with E-state index in [1.807, 2.05) is 46.6 Å². The van der Waals surface area contributed by atoms with Gasteiger partial charge in [0.05, 0.1) is 12.0 Å². The van der Waals surface area contributed by atoms with Crippen LogP contribution in [0.1, 0.15) is 66.8 Å². The van der Waals surface area contributed by atoms with Crippen LogP contribution >= 0.6 is 11.3 Å². The van der Waals surface area contributed by atoms with Crippen molar-refractivity contribution in [1.29, 1.82) is 0 Å². The highest BCUT2D eigenvalue weighted by molar-refractivity contribution is 7.19. The van der Waals surface area contributed by atoms with E-state index in [2.05, 4.69) is 16.7 Å². The van der Waals surface area contributed by atoms with E-state index in [9.17, 15) is 4.79 Å². The van der Waals surface area contributed by atoms with E-state index in [-0.39, 0.29) is 12.5 Å². The lowest BCUT2D eigenvalue weighted by molar-refractivity contribution is -0.136. The van der Waals surface area contributed by atoms with Crippen molar-refractivity contribution in [3.8, 4) is 0 Å². The van der Waals surface area contributed by atoms with E-state index in [1.54, 1.807) is 0 Å². The lowest BCUT2D eigenvalue weighted by Gasteiger charge is -2.36. The van der Waals surface area contributed by atoms with Crippen LogP contribution in [0.15, 0.2) is 30.3 Å². The molecular formula is C30H39N5O2S. The average Bonchev–Trinajstić information content (AvgIpc) is 3.35. The lowest BCUT2D eigenvalue weighted by Crippen LogP contribution is -2.50. The van der Waals surface area contributed by atoms with Crippen molar-refractivity contribution in [2.75, 3.05) is 50.8 Å². The summed E-state index contributed by atoms with van der Waals surface area (Å²) in [6.07, 6.45) is 7.36. The summed E-state index contributed by atoms with van der Waals surface area (Å²) in [7, 11) is 0. The van der Waals surface area contributed by atoms with Gasteiger partial charge in [-0.1, -0.05) is 56.5 Å². The van der Waals surface area contributed by atoms with E-state index in [4.69, 9.17) is 14.7 Å². The molecule has 2 aliphatic heterocycles. The monoisotopic (exact) mass is 533 g/mol. The standard InChI is InChI=1S/C30H39N5O2S/c1-2-33-14-13-24-25(19-33)38-30-27(24)29(31-28(32-30)23-11-7-4-8-12-23)35-17-15-34(16-18-35)26(36)21-37-20-22-9-5-3-6-10-22/h3,5-6,9-10,23H,2,4,7-8,11-21H2,1H3. The maximum absolute atomic E-state index is 12.9. The second kappa shape index (κ2) is 11.7. The number of thiophene rings is 1. The molecule has 6 rings (SSSR count). The second-order valence-corrected chi connectivity index (χ2v) is 12.0. The molecule has 202 valence electrons. The maximum atomic E-state index is 12.9. The summed E-state index contributed by atoms with van der Waals surface area (Å²) < 4.78 is 5.73. The zero-order chi connectivity index (χ0) is 25.9. The van der Waals surface area contributed by atoms with Crippen LogP contribution in [0.5, 0.6) is 0 Å². The summed E-state index contributed by atoms with van der Waals surface area (Å²) in [4.78, 5) is 32.9. The van der Waals surface area contributed by atoms with Gasteiger partial charge in [0.25, 0.3) is 0 Å². The van der Waals surface area contributed by atoms with E-state index in [0.29, 0.717) is 25.6 Å². The first-order valence-corrected chi connectivity index (χ1v) is 15.2. The number of fused-ring (bicyclic) bond motifs is 3. The van der Waals surface area contributed by atoms with Crippen LogP contribution in [-0.4, -0.2) is 71.6 Å². The number of carbonyl (C=O) groups excluding carboxylic acids is 1. The molecule has 0 bridgehead atoms. The Balaban J connectivity index is 1.19. The normalized spacial score (nSPS) is 19.2. The molecule has 1 saturated carbocycles. The minimum absolute atomic E-state index is 0.0730. The van der Waals surface area contributed by atoms with Gasteiger partial charge >= 0.3 is 0 Å². The second-order valence-electron chi connectivity index (χ2n) is 10.9. The summed E-state index contributed by atoms with van der Waals surface area (Å²) in [5, 5.41) is 1.28. The van der Waals surface area contributed by atoms with Gasteiger partial charge < -0.3 is 14.5 Å². The average molecular weight is 534 g/mol. The first-order valence-electron chi connectivity index (χ1n) is 14.4. The molecule has 3 aliphatic rings. The molecular weight excluding hydrogens is 494 g/mol. The van der Waals surface area contributed by atoms with Gasteiger partial charge in [-0.05, 0) is 36.9 Å². The van der Waals surface area contributed by atoms with Crippen LogP contribution in [0.2, 0.25) is 0 Å². The van der Waals surface area contributed by atoms with Gasteiger partial charge in [-0.3, -0.25) is 9.69 Å². The molecule has 2 fully saturated rings. The number of rotatable bonds is 7. The first-order chi connectivity index (χ1) is 18.7. The Hall–Kier alpha value is -2.55. The van der Waals surface area contributed by atoms with Gasteiger partial charge in [0.1, 0.15) is 23.1 Å². The molecule has 3 aromatic rings. The molecule has 1 amide bonds. The molecule has 38 heavy (non-hydrogen) atoms. The molecule has 1 saturated heterocycles. The van der Waals surface area contributed by atoms with E-state index in [1.165, 1.54) is 52.8 Å². The van der Waals surface area contributed by atoms with Gasteiger partial charge in [-0.25, -0.2) is 9.97 Å². The number of benzene rings is 1. The fourth-order valence-corrected chi connectivity index (χ4v) is 7.44. The van der Waals surface area contributed by atoms with Crippen LogP contribution in [-0.2, 0) is 29.1 Å². The summed E-state index contributed by atoms with van der Waals surface area (Å²) in [5.41, 5.74) is 2.56. The fourth-order valence-electron chi connectivity index (χ4n) is 6.18. The van der Waals surface area contributed by atoms with Crippen molar-refractivity contribution in [2.24, 2.45) is 0 Å². The topological polar surface area (TPSA) is 61.8 Å². The fraction of sp³-hybridized carbons (Fsp3) is 0.567. The number of anilines is 1. The minimum Gasteiger partial charge on any atom is -0.367 e. The molecule has 0 unspecified atom stereocenters. The highest BCUT2D eigenvalue weighted by atomic mass is 32.1. The van der Waals surface area contributed by atoms with E-state index < -0.39 is 0 Å². The third-order valence-electron chi connectivity index (χ3n) is 8.46. The number of hydrogen-bond donors (Lipinski definition) is 0. The maximum Gasteiger partial charge on any atom is 0.248 e. The Morgan fingerprint density at radius 2 is 1.82 bits per heavy atom. The quantitative estimate of drug-likeness (QED) is 0.427. The van der Waals surface area contributed by atoms with Crippen molar-refractivity contribution in [1.82, 2.24) is 19.8 Å². The number of nitrogens with zero attached hydrogens (tertiary/aromatic N) is 5. The summed E-state index contributed by atoms with van der Waals surface area (Å²) >= 11 is 1.89. The smallest absolute Gasteiger partial charge is 0.248 e. The number of amides is 1.